The van der Waals surface area contributed by atoms with Crippen molar-refractivity contribution < 1.29 is 9.53 Å². The van der Waals surface area contributed by atoms with Crippen LogP contribution < -0.4 is 0 Å². The van der Waals surface area contributed by atoms with Crippen LogP contribution in [0.1, 0.15) is 92.4 Å². The number of allylic oxidation sites excluding steroid dienone is 1. The van der Waals surface area contributed by atoms with Crippen LogP contribution in [0.3, 0.4) is 0 Å². The highest BCUT2D eigenvalue weighted by atomic mass is 16.5. The first kappa shape index (κ1) is 19.5. The molecule has 0 aromatic rings. The number of esters is 1. The SMILES string of the molecule is CCC(C)C1CCC2C3CC=C4CC(OC(C)=O)CCC4(C)C3CCC12C. The highest BCUT2D eigenvalue weighted by Gasteiger charge is 2.59. The third kappa shape index (κ3) is 3.01. The minimum Gasteiger partial charge on any atom is -0.462 e. The monoisotopic (exact) mass is 372 g/mol. The van der Waals surface area contributed by atoms with E-state index in [-0.39, 0.29) is 12.1 Å². The molecule has 27 heavy (non-hydrogen) atoms. The normalized spacial score (nSPS) is 47.3. The second-order valence-electron chi connectivity index (χ2n) is 10.8. The zero-order chi connectivity index (χ0) is 19.4. The number of carbonyl (C=O) groups is 1. The molecule has 152 valence electrons. The molecule has 8 unspecified atom stereocenters. The molecule has 0 N–H and O–H groups in total. The fraction of sp³-hybridized carbons (Fsp3) is 0.880. The maximum absolute atomic E-state index is 11.4. The van der Waals surface area contributed by atoms with Gasteiger partial charge in [-0.05, 0) is 85.4 Å². The number of hydrogen-bond donors (Lipinski definition) is 0. The molecule has 0 heterocycles. The molecule has 2 heteroatoms. The summed E-state index contributed by atoms with van der Waals surface area (Å²) in [6, 6.07) is 0. The molecule has 4 aliphatic carbocycles. The first-order valence-electron chi connectivity index (χ1n) is 11.7. The quantitative estimate of drug-likeness (QED) is 0.415. The molecular weight excluding hydrogens is 332 g/mol. The second-order valence-corrected chi connectivity index (χ2v) is 10.8. The second kappa shape index (κ2) is 6.92. The van der Waals surface area contributed by atoms with Gasteiger partial charge in [0.1, 0.15) is 6.10 Å². The van der Waals surface area contributed by atoms with Gasteiger partial charge in [0, 0.05) is 13.3 Å². The highest BCUT2D eigenvalue weighted by molar-refractivity contribution is 5.66. The van der Waals surface area contributed by atoms with Crippen molar-refractivity contribution >= 4 is 5.97 Å². The summed E-state index contributed by atoms with van der Waals surface area (Å²) in [6.07, 6.45) is 14.3. The van der Waals surface area contributed by atoms with Crippen molar-refractivity contribution in [3.8, 4) is 0 Å². The highest BCUT2D eigenvalue weighted by Crippen LogP contribution is 2.67. The van der Waals surface area contributed by atoms with E-state index in [0.717, 1.165) is 42.4 Å². The molecule has 4 aliphatic rings. The summed E-state index contributed by atoms with van der Waals surface area (Å²) in [7, 11) is 0. The van der Waals surface area contributed by atoms with E-state index in [1.165, 1.54) is 44.9 Å². The number of hydrogen-bond acceptors (Lipinski definition) is 2. The lowest BCUT2D eigenvalue weighted by atomic mass is 9.47. The smallest absolute Gasteiger partial charge is 0.302 e. The van der Waals surface area contributed by atoms with E-state index in [0.29, 0.717) is 10.8 Å². The molecular formula is C25H40O2. The van der Waals surface area contributed by atoms with Crippen molar-refractivity contribution in [2.24, 2.45) is 40.4 Å². The molecule has 0 aliphatic heterocycles. The maximum atomic E-state index is 11.4. The van der Waals surface area contributed by atoms with E-state index < -0.39 is 0 Å². The molecule has 8 atom stereocenters. The zero-order valence-electron chi connectivity index (χ0n) is 18.2. The third-order valence-corrected chi connectivity index (χ3v) is 9.80. The lowest BCUT2D eigenvalue weighted by molar-refractivity contribution is -0.148. The third-order valence-electron chi connectivity index (χ3n) is 9.80. The van der Waals surface area contributed by atoms with Crippen LogP contribution in [0, 0.1) is 40.4 Å². The molecule has 3 saturated carbocycles. The van der Waals surface area contributed by atoms with E-state index in [1.54, 1.807) is 12.5 Å². The van der Waals surface area contributed by atoms with Gasteiger partial charge in [-0.3, -0.25) is 4.79 Å². The molecule has 0 radical (unpaired) electrons. The molecule has 0 amide bonds. The topological polar surface area (TPSA) is 26.3 Å². The predicted octanol–water partition coefficient (Wildman–Crippen LogP) is 6.54. The fourth-order valence-electron chi connectivity index (χ4n) is 8.22. The number of fused-ring (bicyclic) bond motifs is 5. The summed E-state index contributed by atoms with van der Waals surface area (Å²) in [5.41, 5.74) is 2.55. The van der Waals surface area contributed by atoms with Crippen LogP contribution in [0.15, 0.2) is 11.6 Å². The molecule has 0 aromatic heterocycles. The van der Waals surface area contributed by atoms with Gasteiger partial charge in [0.05, 0.1) is 0 Å². The summed E-state index contributed by atoms with van der Waals surface area (Å²) in [5, 5.41) is 0. The van der Waals surface area contributed by atoms with Gasteiger partial charge in [-0.1, -0.05) is 45.8 Å². The van der Waals surface area contributed by atoms with E-state index in [4.69, 9.17) is 4.74 Å². The molecule has 4 rings (SSSR count). The summed E-state index contributed by atoms with van der Waals surface area (Å²) in [4.78, 5) is 11.4. The van der Waals surface area contributed by atoms with Gasteiger partial charge in [0.25, 0.3) is 0 Å². The molecule has 0 bridgehead atoms. The Kier molecular flexibility index (Phi) is 5.00. The average molecular weight is 373 g/mol. The van der Waals surface area contributed by atoms with Crippen LogP contribution in [0.5, 0.6) is 0 Å². The largest absolute Gasteiger partial charge is 0.462 e. The van der Waals surface area contributed by atoms with Crippen LogP contribution in [-0.4, -0.2) is 12.1 Å². The summed E-state index contributed by atoms with van der Waals surface area (Å²) < 4.78 is 5.58. The van der Waals surface area contributed by atoms with Gasteiger partial charge in [0.15, 0.2) is 0 Å². The lowest BCUT2D eigenvalue weighted by Crippen LogP contribution is -2.51. The van der Waals surface area contributed by atoms with Crippen LogP contribution >= 0.6 is 0 Å². The molecule has 0 spiro atoms. The lowest BCUT2D eigenvalue weighted by Gasteiger charge is -2.58. The van der Waals surface area contributed by atoms with Gasteiger partial charge in [-0.2, -0.15) is 0 Å². The molecule has 2 nitrogen and oxygen atoms in total. The Morgan fingerprint density at radius 1 is 1.19 bits per heavy atom. The molecule has 0 saturated heterocycles. The van der Waals surface area contributed by atoms with Crippen LogP contribution in [0.25, 0.3) is 0 Å². The minimum atomic E-state index is -0.117. The summed E-state index contributed by atoms with van der Waals surface area (Å²) in [5.74, 6) is 4.36. The number of carbonyl (C=O) groups excluding carboxylic acids is 1. The summed E-state index contributed by atoms with van der Waals surface area (Å²) in [6.45, 7) is 11.6. The van der Waals surface area contributed by atoms with Gasteiger partial charge in [-0.15, -0.1) is 0 Å². The molecule has 0 aromatic carbocycles. The summed E-state index contributed by atoms with van der Waals surface area (Å²) >= 11 is 0. The Morgan fingerprint density at radius 3 is 2.67 bits per heavy atom. The van der Waals surface area contributed by atoms with Crippen molar-refractivity contribution in [1.82, 2.24) is 0 Å². The standard InChI is InChI=1S/C25H40O2/c1-6-16(2)21-9-10-22-20-8-7-18-15-19(27-17(3)26)11-13-24(18,4)23(20)12-14-25(21,22)5/h7,16,19-23H,6,8-15H2,1-5H3. The Bertz CT molecular complexity index is 622. The first-order valence-corrected chi connectivity index (χ1v) is 11.7. The average Bonchev–Trinajstić information content (AvgIpc) is 2.98. The Hall–Kier alpha value is -0.790. The van der Waals surface area contributed by atoms with Crippen molar-refractivity contribution in [2.45, 2.75) is 98.5 Å². The predicted molar refractivity (Wildman–Crippen MR) is 110 cm³/mol. The Morgan fingerprint density at radius 2 is 1.96 bits per heavy atom. The minimum absolute atomic E-state index is 0.117. The van der Waals surface area contributed by atoms with Crippen molar-refractivity contribution in [3.63, 3.8) is 0 Å². The van der Waals surface area contributed by atoms with Crippen molar-refractivity contribution in [1.29, 1.82) is 0 Å². The van der Waals surface area contributed by atoms with Gasteiger partial charge in [-0.25, -0.2) is 0 Å². The van der Waals surface area contributed by atoms with Gasteiger partial charge >= 0.3 is 5.97 Å². The van der Waals surface area contributed by atoms with Gasteiger partial charge in [0.2, 0.25) is 0 Å². The number of ether oxygens (including phenoxy) is 1. The van der Waals surface area contributed by atoms with Crippen LogP contribution in [0.2, 0.25) is 0 Å². The maximum Gasteiger partial charge on any atom is 0.302 e. The van der Waals surface area contributed by atoms with E-state index in [1.807, 2.05) is 0 Å². The van der Waals surface area contributed by atoms with Crippen molar-refractivity contribution in [2.75, 3.05) is 0 Å². The van der Waals surface area contributed by atoms with Gasteiger partial charge < -0.3 is 4.74 Å². The molecule has 3 fully saturated rings. The Labute approximate surface area is 166 Å². The fourth-order valence-corrected chi connectivity index (χ4v) is 8.22. The van der Waals surface area contributed by atoms with E-state index in [9.17, 15) is 4.79 Å². The first-order chi connectivity index (χ1) is 12.8. The van der Waals surface area contributed by atoms with Crippen LogP contribution in [-0.2, 0) is 9.53 Å². The van der Waals surface area contributed by atoms with E-state index >= 15 is 0 Å². The number of rotatable bonds is 3. The van der Waals surface area contributed by atoms with E-state index in [2.05, 4.69) is 33.8 Å². The Balaban J connectivity index is 1.56. The van der Waals surface area contributed by atoms with Crippen LogP contribution in [0.4, 0.5) is 0 Å². The van der Waals surface area contributed by atoms with Crippen molar-refractivity contribution in [3.05, 3.63) is 11.6 Å². The zero-order valence-corrected chi connectivity index (χ0v) is 18.2.